The van der Waals surface area contributed by atoms with Crippen LogP contribution in [-0.4, -0.2) is 96.7 Å². The van der Waals surface area contributed by atoms with Gasteiger partial charge in [-0.1, -0.05) is 356 Å². The van der Waals surface area contributed by atoms with Crippen molar-refractivity contribution >= 4 is 39.5 Å². The molecule has 0 saturated heterocycles. The van der Waals surface area contributed by atoms with Crippen molar-refractivity contribution in [3.63, 3.8) is 0 Å². The number of rotatable bonds is 77. The van der Waals surface area contributed by atoms with E-state index in [0.717, 1.165) is 95.8 Å². The van der Waals surface area contributed by atoms with Gasteiger partial charge in [0.15, 0.2) is 12.2 Å². The fourth-order valence-electron chi connectivity index (χ4n) is 12.0. The van der Waals surface area contributed by atoms with E-state index in [1.807, 2.05) is 0 Å². The SMILES string of the molecule is CCCCCCCCCCCCCCCCCC(=O)OC[C@H](COP(=O)(O)OC[C@@H](O)COP(=O)(O)OC[C@@H](COC(=O)CCCCCCCCCCCC)OC(=O)CCCCCCCCCC(C)C)OC(=O)CCCCCCCCCCCCCCCCCCCCC(C)CC. The molecular weight excluding hydrogens is 1270 g/mol. The summed E-state index contributed by atoms with van der Waals surface area (Å²) in [5, 5.41) is 10.6. The number of carbonyl (C=O) groups excluding carboxylic acids is 4. The van der Waals surface area contributed by atoms with Crippen molar-refractivity contribution in [2.45, 2.75) is 426 Å². The third-order valence-corrected chi connectivity index (χ3v) is 20.5. The molecule has 0 amide bonds. The first-order chi connectivity index (χ1) is 46.9. The van der Waals surface area contributed by atoms with Crippen LogP contribution in [0.4, 0.5) is 0 Å². The Morgan fingerprint density at radius 1 is 0.299 bits per heavy atom. The number of phosphoric acid groups is 2. The van der Waals surface area contributed by atoms with Crippen LogP contribution in [0.15, 0.2) is 0 Å². The highest BCUT2D eigenvalue weighted by Gasteiger charge is 2.30. The minimum Gasteiger partial charge on any atom is -0.462 e. The maximum absolute atomic E-state index is 13.1. The molecule has 0 saturated carbocycles. The highest BCUT2D eigenvalue weighted by Crippen LogP contribution is 2.45. The minimum atomic E-state index is -4.96. The molecule has 0 aromatic carbocycles. The van der Waals surface area contributed by atoms with E-state index in [9.17, 15) is 43.2 Å². The third-order valence-electron chi connectivity index (χ3n) is 18.6. The quantitative estimate of drug-likeness (QED) is 0.0222. The van der Waals surface area contributed by atoms with E-state index in [-0.39, 0.29) is 25.7 Å². The Morgan fingerprint density at radius 3 is 0.784 bits per heavy atom. The van der Waals surface area contributed by atoms with Gasteiger partial charge < -0.3 is 33.8 Å². The van der Waals surface area contributed by atoms with Gasteiger partial charge in [0.2, 0.25) is 0 Å². The second-order valence-corrected chi connectivity index (χ2v) is 31.7. The van der Waals surface area contributed by atoms with Crippen LogP contribution >= 0.6 is 15.6 Å². The fourth-order valence-corrected chi connectivity index (χ4v) is 13.6. The number of aliphatic hydroxyl groups is 1. The van der Waals surface area contributed by atoms with Gasteiger partial charge in [-0.15, -0.1) is 0 Å². The fraction of sp³-hybridized carbons (Fsp3) is 0.949. The molecule has 0 aliphatic carbocycles. The molecule has 0 heterocycles. The molecule has 0 spiro atoms. The summed E-state index contributed by atoms with van der Waals surface area (Å²) >= 11 is 0. The highest BCUT2D eigenvalue weighted by atomic mass is 31.2. The van der Waals surface area contributed by atoms with Gasteiger partial charge in [-0.3, -0.25) is 37.3 Å². The number of hydrogen-bond donors (Lipinski definition) is 3. The summed E-state index contributed by atoms with van der Waals surface area (Å²) in [6, 6.07) is 0. The van der Waals surface area contributed by atoms with Crippen LogP contribution in [0.5, 0.6) is 0 Å². The van der Waals surface area contributed by atoms with Gasteiger partial charge >= 0.3 is 39.5 Å². The molecule has 0 aliphatic rings. The Morgan fingerprint density at radius 2 is 0.526 bits per heavy atom. The first-order valence-corrected chi connectivity index (χ1v) is 43.5. The van der Waals surface area contributed by atoms with Gasteiger partial charge in [-0.2, -0.15) is 0 Å². The van der Waals surface area contributed by atoms with Crippen molar-refractivity contribution in [3.05, 3.63) is 0 Å². The lowest BCUT2D eigenvalue weighted by atomic mass is 9.99. The lowest BCUT2D eigenvalue weighted by Gasteiger charge is -2.21. The average Bonchev–Trinajstić information content (AvgIpc) is 1.14. The molecule has 0 rings (SSSR count). The molecule has 0 fully saturated rings. The molecule has 6 atom stereocenters. The largest absolute Gasteiger partial charge is 0.472 e. The van der Waals surface area contributed by atoms with Crippen molar-refractivity contribution < 1.29 is 80.2 Å². The topological polar surface area (TPSA) is 237 Å². The molecule has 19 heteroatoms. The minimum absolute atomic E-state index is 0.104. The Kier molecular flexibility index (Phi) is 68.4. The number of unbranched alkanes of at least 4 members (excludes halogenated alkanes) is 46. The van der Waals surface area contributed by atoms with Gasteiger partial charge in [0, 0.05) is 25.7 Å². The molecule has 576 valence electrons. The summed E-state index contributed by atoms with van der Waals surface area (Å²) in [6.45, 7) is 9.60. The zero-order valence-corrected chi connectivity index (χ0v) is 65.2. The number of phosphoric ester groups is 2. The number of esters is 4. The molecule has 3 unspecified atom stereocenters. The summed E-state index contributed by atoms with van der Waals surface area (Å²) in [5.41, 5.74) is 0. The normalized spacial score (nSPS) is 14.2. The molecule has 3 N–H and O–H groups in total. The van der Waals surface area contributed by atoms with E-state index in [1.165, 1.54) is 225 Å². The van der Waals surface area contributed by atoms with Crippen LogP contribution in [0.2, 0.25) is 0 Å². The average molecular weight is 1420 g/mol. The lowest BCUT2D eigenvalue weighted by Crippen LogP contribution is -2.30. The molecule has 0 aliphatic heterocycles. The molecule has 17 nitrogen and oxygen atoms in total. The summed E-state index contributed by atoms with van der Waals surface area (Å²) in [7, 11) is -9.91. The summed E-state index contributed by atoms with van der Waals surface area (Å²) in [6.07, 6.45) is 58.4. The molecule has 97 heavy (non-hydrogen) atoms. The van der Waals surface area contributed by atoms with E-state index < -0.39 is 97.5 Å². The van der Waals surface area contributed by atoms with E-state index in [4.69, 9.17) is 37.0 Å². The molecule has 0 aromatic heterocycles. The van der Waals surface area contributed by atoms with Gasteiger partial charge in [-0.25, -0.2) is 9.13 Å². The van der Waals surface area contributed by atoms with E-state index in [0.29, 0.717) is 31.6 Å². The van der Waals surface area contributed by atoms with Crippen molar-refractivity contribution in [1.29, 1.82) is 0 Å². The van der Waals surface area contributed by atoms with Gasteiger partial charge in [0.25, 0.3) is 0 Å². The van der Waals surface area contributed by atoms with Crippen molar-refractivity contribution in [3.8, 4) is 0 Å². The second-order valence-electron chi connectivity index (χ2n) is 28.8. The predicted molar refractivity (Wildman–Crippen MR) is 395 cm³/mol. The number of hydrogen-bond acceptors (Lipinski definition) is 15. The summed E-state index contributed by atoms with van der Waals surface area (Å²) < 4.78 is 68.5. The Balaban J connectivity index is 5.18. The zero-order valence-electron chi connectivity index (χ0n) is 63.4. The van der Waals surface area contributed by atoms with E-state index >= 15 is 0 Å². The molecule has 0 radical (unpaired) electrons. The zero-order chi connectivity index (χ0) is 71.4. The standard InChI is InChI=1S/C78H152O17P2/c1-7-10-12-14-16-18-20-21-26-30-33-37-43-49-55-61-76(81)89-66-73(94-77(82)62-56-50-44-38-34-31-28-25-23-22-24-27-29-32-35-41-47-53-59-71(6)9-3)68-92-96(84,85)90-64-72(79)65-91-97(86,87)93-69-74(95-78(83)63-57-51-45-39-40-46-52-58-70(4)5)67-88-75(80)60-54-48-42-36-19-17-15-13-11-8-2/h70-74,79H,7-69H2,1-6H3,(H,84,85)(H,86,87)/t71?,72-,73-,74-/m1/s1. The maximum Gasteiger partial charge on any atom is 0.472 e. The van der Waals surface area contributed by atoms with Crippen molar-refractivity contribution in [2.24, 2.45) is 11.8 Å². The smallest absolute Gasteiger partial charge is 0.462 e. The number of ether oxygens (including phenoxy) is 4. The van der Waals surface area contributed by atoms with Crippen LogP contribution in [0.1, 0.15) is 408 Å². The van der Waals surface area contributed by atoms with Crippen LogP contribution in [-0.2, 0) is 65.4 Å². The van der Waals surface area contributed by atoms with Crippen LogP contribution < -0.4 is 0 Å². The predicted octanol–water partition coefficient (Wildman–Crippen LogP) is 23.1. The second kappa shape index (κ2) is 69.8. The summed E-state index contributed by atoms with van der Waals surface area (Å²) in [5.74, 6) is -0.548. The van der Waals surface area contributed by atoms with E-state index in [2.05, 4.69) is 41.5 Å². The van der Waals surface area contributed by atoms with E-state index in [1.54, 1.807) is 0 Å². The first-order valence-electron chi connectivity index (χ1n) is 40.5. The third kappa shape index (κ3) is 70.9. The Labute approximate surface area is 594 Å². The van der Waals surface area contributed by atoms with Gasteiger partial charge in [-0.05, 0) is 37.5 Å². The van der Waals surface area contributed by atoms with Crippen molar-refractivity contribution in [2.75, 3.05) is 39.6 Å². The monoisotopic (exact) mass is 1420 g/mol. The van der Waals surface area contributed by atoms with Crippen LogP contribution in [0, 0.1) is 11.8 Å². The highest BCUT2D eigenvalue weighted by molar-refractivity contribution is 7.47. The maximum atomic E-state index is 13.1. The molecule has 0 bridgehead atoms. The number of carbonyl (C=O) groups is 4. The van der Waals surface area contributed by atoms with Crippen LogP contribution in [0.25, 0.3) is 0 Å². The van der Waals surface area contributed by atoms with Crippen LogP contribution in [0.3, 0.4) is 0 Å². The molecular formula is C78H152O17P2. The Bertz CT molecular complexity index is 1870. The lowest BCUT2D eigenvalue weighted by molar-refractivity contribution is -0.161. The number of aliphatic hydroxyl groups excluding tert-OH is 1. The molecule has 0 aromatic rings. The van der Waals surface area contributed by atoms with Gasteiger partial charge in [0.05, 0.1) is 26.4 Å². The summed E-state index contributed by atoms with van der Waals surface area (Å²) in [4.78, 5) is 72.8. The van der Waals surface area contributed by atoms with Crippen molar-refractivity contribution in [1.82, 2.24) is 0 Å². The first kappa shape index (κ1) is 95.1. The van der Waals surface area contributed by atoms with Gasteiger partial charge in [0.1, 0.15) is 19.3 Å². The Hall–Kier alpha value is -1.94.